The van der Waals surface area contributed by atoms with Crippen molar-refractivity contribution in [2.45, 2.75) is 20.3 Å². The molecule has 3 heterocycles. The Bertz CT molecular complexity index is 1130. The molecule has 4 rings (SSSR count). The molecule has 0 fully saturated rings. The molecular formula is C19H16N4O. The fraction of sp³-hybridized carbons (Fsp3) is 0.158. The summed E-state index contributed by atoms with van der Waals surface area (Å²) in [6.45, 7) is 4.05. The fourth-order valence-electron chi connectivity index (χ4n) is 3.02. The number of aromatic amines is 1. The summed E-state index contributed by atoms with van der Waals surface area (Å²) in [5, 5.41) is 1.84. The van der Waals surface area contributed by atoms with Gasteiger partial charge in [0.25, 0.3) is 5.56 Å². The Morgan fingerprint density at radius 1 is 1.12 bits per heavy atom. The first-order valence-electron chi connectivity index (χ1n) is 7.90. The van der Waals surface area contributed by atoms with E-state index in [1.165, 1.54) is 0 Å². The lowest BCUT2D eigenvalue weighted by atomic mass is 9.97. The zero-order valence-electron chi connectivity index (χ0n) is 13.5. The van der Waals surface area contributed by atoms with Crippen molar-refractivity contribution in [1.29, 1.82) is 0 Å². The summed E-state index contributed by atoms with van der Waals surface area (Å²) in [6, 6.07) is 8.01. The third kappa shape index (κ3) is 2.25. The van der Waals surface area contributed by atoms with Gasteiger partial charge >= 0.3 is 0 Å². The number of rotatable bonds is 2. The Morgan fingerprint density at radius 2 is 2.00 bits per heavy atom. The number of H-pyrrole nitrogens is 1. The number of fused-ring (bicyclic) bond motifs is 2. The lowest BCUT2D eigenvalue weighted by Crippen LogP contribution is -2.07. The van der Waals surface area contributed by atoms with Crippen molar-refractivity contribution in [3.05, 3.63) is 64.6 Å². The van der Waals surface area contributed by atoms with Crippen LogP contribution in [0.1, 0.15) is 18.3 Å². The number of pyridine rings is 2. The monoisotopic (exact) mass is 316 g/mol. The van der Waals surface area contributed by atoms with Crippen molar-refractivity contribution < 1.29 is 0 Å². The summed E-state index contributed by atoms with van der Waals surface area (Å²) in [7, 11) is 0. The van der Waals surface area contributed by atoms with Crippen LogP contribution in [-0.4, -0.2) is 19.9 Å². The molecular weight excluding hydrogens is 300 g/mol. The number of aryl methyl sites for hydroxylation is 2. The maximum atomic E-state index is 12.0. The zero-order chi connectivity index (χ0) is 16.7. The van der Waals surface area contributed by atoms with Gasteiger partial charge in [0.15, 0.2) is 0 Å². The molecule has 0 saturated heterocycles. The standard InChI is InChI=1S/C19H16N4O/c1-3-16-21-10-13-8-12(4-5-15(13)23-16)17-11(2)9-22-18-14(17)6-7-20-19(18)24/h4-10H,3H2,1-2H3,(H,20,24). The van der Waals surface area contributed by atoms with Gasteiger partial charge in [-0.2, -0.15) is 0 Å². The molecule has 4 aromatic rings. The normalized spacial score (nSPS) is 11.2. The molecule has 1 N–H and O–H groups in total. The highest BCUT2D eigenvalue weighted by Crippen LogP contribution is 2.31. The van der Waals surface area contributed by atoms with E-state index in [1.54, 1.807) is 12.4 Å². The van der Waals surface area contributed by atoms with Crippen LogP contribution in [0.5, 0.6) is 0 Å². The predicted molar refractivity (Wildman–Crippen MR) is 95.0 cm³/mol. The van der Waals surface area contributed by atoms with Crippen LogP contribution in [0.4, 0.5) is 0 Å². The molecule has 5 heteroatoms. The van der Waals surface area contributed by atoms with Crippen LogP contribution in [0.2, 0.25) is 0 Å². The fourth-order valence-corrected chi connectivity index (χ4v) is 3.02. The van der Waals surface area contributed by atoms with Crippen molar-refractivity contribution in [2.24, 2.45) is 0 Å². The van der Waals surface area contributed by atoms with E-state index >= 15 is 0 Å². The Labute approximate surface area is 138 Å². The van der Waals surface area contributed by atoms with Gasteiger partial charge in [0, 0.05) is 35.8 Å². The number of nitrogens with zero attached hydrogens (tertiary/aromatic N) is 3. The molecule has 0 saturated carbocycles. The number of benzene rings is 1. The van der Waals surface area contributed by atoms with E-state index in [-0.39, 0.29) is 5.56 Å². The summed E-state index contributed by atoms with van der Waals surface area (Å²) in [6.07, 6.45) is 6.07. The second kappa shape index (κ2) is 5.53. The Hall–Kier alpha value is -3.08. The zero-order valence-corrected chi connectivity index (χ0v) is 13.5. The number of hydrogen-bond donors (Lipinski definition) is 1. The van der Waals surface area contributed by atoms with E-state index in [2.05, 4.69) is 26.0 Å². The topological polar surface area (TPSA) is 71.5 Å². The van der Waals surface area contributed by atoms with Crippen LogP contribution in [0.15, 0.2) is 47.7 Å². The largest absolute Gasteiger partial charge is 0.327 e. The van der Waals surface area contributed by atoms with Crippen molar-refractivity contribution >= 4 is 21.8 Å². The summed E-state index contributed by atoms with van der Waals surface area (Å²) >= 11 is 0. The Balaban J connectivity index is 2.00. The molecule has 0 amide bonds. The molecule has 5 nitrogen and oxygen atoms in total. The van der Waals surface area contributed by atoms with E-state index in [1.807, 2.05) is 38.2 Å². The Kier molecular flexibility index (Phi) is 3.34. The van der Waals surface area contributed by atoms with Crippen LogP contribution < -0.4 is 5.56 Å². The van der Waals surface area contributed by atoms with E-state index in [0.717, 1.165) is 45.2 Å². The van der Waals surface area contributed by atoms with Gasteiger partial charge < -0.3 is 4.98 Å². The van der Waals surface area contributed by atoms with Gasteiger partial charge in [0.2, 0.25) is 0 Å². The highest BCUT2D eigenvalue weighted by atomic mass is 16.1. The number of aromatic nitrogens is 4. The van der Waals surface area contributed by atoms with Gasteiger partial charge in [-0.1, -0.05) is 13.0 Å². The van der Waals surface area contributed by atoms with Crippen LogP contribution in [0.3, 0.4) is 0 Å². The smallest absolute Gasteiger partial charge is 0.274 e. The third-order valence-electron chi connectivity index (χ3n) is 4.22. The van der Waals surface area contributed by atoms with Crippen LogP contribution in [-0.2, 0) is 6.42 Å². The molecule has 1 aromatic carbocycles. The molecule has 3 aromatic heterocycles. The highest BCUT2D eigenvalue weighted by molar-refractivity contribution is 5.97. The lowest BCUT2D eigenvalue weighted by Gasteiger charge is -2.10. The van der Waals surface area contributed by atoms with Crippen LogP contribution >= 0.6 is 0 Å². The van der Waals surface area contributed by atoms with Gasteiger partial charge in [0.1, 0.15) is 11.3 Å². The van der Waals surface area contributed by atoms with Gasteiger partial charge in [-0.15, -0.1) is 0 Å². The van der Waals surface area contributed by atoms with Gasteiger partial charge in [-0.3, -0.25) is 9.78 Å². The van der Waals surface area contributed by atoms with Crippen LogP contribution in [0, 0.1) is 6.92 Å². The molecule has 0 aliphatic heterocycles. The van der Waals surface area contributed by atoms with Crippen LogP contribution in [0.25, 0.3) is 32.9 Å². The lowest BCUT2D eigenvalue weighted by molar-refractivity contribution is 0.961. The van der Waals surface area contributed by atoms with E-state index in [0.29, 0.717) is 5.52 Å². The average Bonchev–Trinajstić information content (AvgIpc) is 2.61. The van der Waals surface area contributed by atoms with Gasteiger partial charge in [0.05, 0.1) is 5.52 Å². The first-order valence-corrected chi connectivity index (χ1v) is 7.90. The maximum Gasteiger partial charge on any atom is 0.274 e. The quantitative estimate of drug-likeness (QED) is 0.615. The Morgan fingerprint density at radius 3 is 2.83 bits per heavy atom. The maximum absolute atomic E-state index is 12.0. The molecule has 0 spiro atoms. The predicted octanol–water partition coefficient (Wildman–Crippen LogP) is 3.40. The summed E-state index contributed by atoms with van der Waals surface area (Å²) in [5.41, 5.74) is 4.29. The van der Waals surface area contributed by atoms with E-state index in [4.69, 9.17) is 0 Å². The van der Waals surface area contributed by atoms with Gasteiger partial charge in [-0.25, -0.2) is 9.97 Å². The molecule has 0 atom stereocenters. The molecule has 0 unspecified atom stereocenters. The van der Waals surface area contributed by atoms with Crippen molar-refractivity contribution in [3.63, 3.8) is 0 Å². The number of nitrogens with one attached hydrogen (secondary N) is 1. The van der Waals surface area contributed by atoms with E-state index in [9.17, 15) is 4.79 Å². The number of hydrogen-bond acceptors (Lipinski definition) is 4. The highest BCUT2D eigenvalue weighted by Gasteiger charge is 2.11. The molecule has 0 bridgehead atoms. The SMILES string of the molecule is CCc1ncc2cc(-c3c(C)cnc4c(=O)[nH]ccc34)ccc2n1. The van der Waals surface area contributed by atoms with E-state index < -0.39 is 0 Å². The van der Waals surface area contributed by atoms with Crippen molar-refractivity contribution in [1.82, 2.24) is 19.9 Å². The molecule has 24 heavy (non-hydrogen) atoms. The van der Waals surface area contributed by atoms with Crippen molar-refractivity contribution in [2.75, 3.05) is 0 Å². The first-order chi connectivity index (χ1) is 11.7. The second-order valence-electron chi connectivity index (χ2n) is 5.80. The van der Waals surface area contributed by atoms with Gasteiger partial charge in [-0.05, 0) is 41.8 Å². The first kappa shape index (κ1) is 14.5. The summed E-state index contributed by atoms with van der Waals surface area (Å²) < 4.78 is 0. The summed E-state index contributed by atoms with van der Waals surface area (Å²) in [4.78, 5) is 27.9. The molecule has 0 aliphatic rings. The minimum Gasteiger partial charge on any atom is -0.327 e. The molecule has 0 radical (unpaired) electrons. The minimum absolute atomic E-state index is 0.175. The average molecular weight is 316 g/mol. The second-order valence-corrected chi connectivity index (χ2v) is 5.80. The summed E-state index contributed by atoms with van der Waals surface area (Å²) in [5.74, 6) is 0.840. The van der Waals surface area contributed by atoms with Crippen molar-refractivity contribution in [3.8, 4) is 11.1 Å². The third-order valence-corrected chi connectivity index (χ3v) is 4.22. The minimum atomic E-state index is -0.175. The molecule has 118 valence electrons. The molecule has 0 aliphatic carbocycles.